The van der Waals surface area contributed by atoms with E-state index in [1.165, 1.54) is 83.5 Å². The Morgan fingerprint density at radius 1 is 0.800 bits per heavy atom. The van der Waals surface area contributed by atoms with Crippen LogP contribution < -0.4 is 0 Å². The average Bonchev–Trinajstić information content (AvgIpc) is 2.67. The van der Waals surface area contributed by atoms with Crippen LogP contribution >= 0.6 is 7.82 Å². The van der Waals surface area contributed by atoms with E-state index in [1.807, 2.05) is 0 Å². The summed E-state index contributed by atoms with van der Waals surface area (Å²) in [5.41, 5.74) is 6.79. The van der Waals surface area contributed by atoms with Gasteiger partial charge in [-0.3, -0.25) is 0 Å². The van der Waals surface area contributed by atoms with E-state index in [9.17, 15) is 9.46 Å². The molecule has 0 bridgehead atoms. The molecule has 30 heavy (non-hydrogen) atoms. The summed E-state index contributed by atoms with van der Waals surface area (Å²) in [5.74, 6) is 1.27. The zero-order chi connectivity index (χ0) is 22.3. The molecule has 1 fully saturated rings. The zero-order valence-corrected chi connectivity index (χ0v) is 23.2. The molecular weight excluding hydrogens is 458 g/mol. The van der Waals surface area contributed by atoms with Crippen LogP contribution in [-0.2, 0) is 13.6 Å². The molecule has 0 spiro atoms. The van der Waals surface area contributed by atoms with Crippen LogP contribution in [0.5, 0.6) is 0 Å². The second-order valence-corrected chi connectivity index (χ2v) is 22.5. The molecule has 0 aromatic heterocycles. The SMILES string of the molecule is CCCCCCCCCCCCC1CCC(COP(=O)(O)OCC[As](C)(C)C)CC1. The van der Waals surface area contributed by atoms with Gasteiger partial charge in [0.15, 0.2) is 0 Å². The fourth-order valence-electron chi connectivity index (χ4n) is 4.27. The molecule has 1 unspecified atom stereocenters. The molecule has 0 saturated heterocycles. The molecule has 0 aromatic carbocycles. The number of phosphoric ester groups is 1. The fourth-order valence-corrected chi connectivity index (χ4v) is 6.72. The normalized spacial score (nSPS) is 22.2. The van der Waals surface area contributed by atoms with Gasteiger partial charge in [0.05, 0.1) is 0 Å². The van der Waals surface area contributed by atoms with Crippen LogP contribution in [0, 0.1) is 11.8 Å². The molecule has 1 aliphatic rings. The van der Waals surface area contributed by atoms with E-state index in [2.05, 4.69) is 24.1 Å². The minimum absolute atomic E-state index is 0.343. The molecule has 1 rings (SSSR count). The van der Waals surface area contributed by atoms with Crippen LogP contribution in [0.15, 0.2) is 0 Å². The van der Waals surface area contributed by atoms with E-state index in [0.717, 1.165) is 24.0 Å². The fraction of sp³-hybridized carbons (Fsp3) is 1.00. The van der Waals surface area contributed by atoms with E-state index in [0.29, 0.717) is 19.1 Å². The van der Waals surface area contributed by atoms with Gasteiger partial charge in [-0.2, -0.15) is 0 Å². The van der Waals surface area contributed by atoms with Crippen molar-refractivity contribution in [3.05, 3.63) is 0 Å². The van der Waals surface area contributed by atoms with Gasteiger partial charge < -0.3 is 0 Å². The number of phosphoric acid groups is 1. The van der Waals surface area contributed by atoms with Crippen LogP contribution in [0.4, 0.5) is 0 Å². The Balaban J connectivity index is 1.99. The van der Waals surface area contributed by atoms with Crippen LogP contribution in [-0.4, -0.2) is 31.7 Å². The molecule has 1 aliphatic carbocycles. The van der Waals surface area contributed by atoms with E-state index in [1.54, 1.807) is 0 Å². The van der Waals surface area contributed by atoms with Gasteiger partial charge in [0, 0.05) is 0 Å². The van der Waals surface area contributed by atoms with Gasteiger partial charge in [-0.15, -0.1) is 0 Å². The summed E-state index contributed by atoms with van der Waals surface area (Å²) in [5, 5.41) is 0.913. The van der Waals surface area contributed by atoms with E-state index < -0.39 is 21.4 Å². The Kier molecular flexibility index (Phi) is 15.6. The molecule has 1 saturated carbocycles. The molecule has 4 nitrogen and oxygen atoms in total. The molecule has 1 atom stereocenters. The van der Waals surface area contributed by atoms with Crippen LogP contribution in [0.2, 0.25) is 22.3 Å². The molecular formula is C24H51AsO4P. The first-order chi connectivity index (χ1) is 14.2. The molecule has 181 valence electrons. The van der Waals surface area contributed by atoms with E-state index in [-0.39, 0.29) is 0 Å². The number of unbranched alkanes of at least 4 members (excludes halogenated alkanes) is 9. The van der Waals surface area contributed by atoms with Crippen LogP contribution in [0.1, 0.15) is 103 Å². The van der Waals surface area contributed by atoms with Crippen molar-refractivity contribution in [1.29, 1.82) is 0 Å². The predicted octanol–water partition coefficient (Wildman–Crippen LogP) is 8.58. The maximum atomic E-state index is 12.1. The van der Waals surface area contributed by atoms with Crippen LogP contribution in [0.25, 0.3) is 0 Å². The third kappa shape index (κ3) is 16.3. The second-order valence-electron chi connectivity index (χ2n) is 10.5. The zero-order valence-electron chi connectivity index (χ0n) is 20.4. The predicted molar refractivity (Wildman–Crippen MR) is 132 cm³/mol. The first kappa shape index (κ1) is 28.7. The Labute approximate surface area is 190 Å². The molecule has 6 heteroatoms. The average molecular weight is 510 g/mol. The van der Waals surface area contributed by atoms with Crippen molar-refractivity contribution in [3.63, 3.8) is 0 Å². The first-order valence-electron chi connectivity index (χ1n) is 12.6. The van der Waals surface area contributed by atoms with Crippen molar-refractivity contribution in [2.45, 2.75) is 126 Å². The van der Waals surface area contributed by atoms with Crippen molar-refractivity contribution in [3.8, 4) is 0 Å². The van der Waals surface area contributed by atoms with Gasteiger partial charge in [-0.05, 0) is 0 Å². The van der Waals surface area contributed by atoms with Crippen LogP contribution in [0.3, 0.4) is 0 Å². The standard InChI is InChI=1S/C24H51AsO4P/c1-5-6-7-8-9-10-11-12-13-14-15-23-16-18-24(19-17-23)22-29-30(26,27)28-21-20-25(2,3)4/h23-24H,5-22H2,1-4H3,(H,26,27). The number of rotatable bonds is 18. The van der Waals surface area contributed by atoms with Gasteiger partial charge >= 0.3 is 126 Å². The summed E-state index contributed by atoms with van der Waals surface area (Å²) in [4.78, 5) is 9.88. The van der Waals surface area contributed by atoms with Gasteiger partial charge in [-0.1, -0.05) is 64.7 Å². The monoisotopic (exact) mass is 509 g/mol. The summed E-state index contributed by atoms with van der Waals surface area (Å²) in [6, 6.07) is 0. The second kappa shape index (κ2) is 16.3. The summed E-state index contributed by atoms with van der Waals surface area (Å²) >= 11 is -1.58. The van der Waals surface area contributed by atoms with Gasteiger partial charge in [-0.25, -0.2) is 0 Å². The Morgan fingerprint density at radius 3 is 1.83 bits per heavy atom. The summed E-state index contributed by atoms with van der Waals surface area (Å²) in [6.07, 6.45) is 20.1. The maximum absolute atomic E-state index is 12.1. The van der Waals surface area contributed by atoms with Gasteiger partial charge in [0.2, 0.25) is 0 Å². The summed E-state index contributed by atoms with van der Waals surface area (Å²) in [6.45, 7) is 2.99. The molecule has 0 aliphatic heterocycles. The van der Waals surface area contributed by atoms with Crippen molar-refractivity contribution < 1.29 is 18.5 Å². The molecule has 0 amide bonds. The third-order valence-corrected chi connectivity index (χ3v) is 10.6. The van der Waals surface area contributed by atoms with Crippen molar-refractivity contribution in [2.75, 3.05) is 13.2 Å². The van der Waals surface area contributed by atoms with Gasteiger partial charge in [0.25, 0.3) is 0 Å². The quantitative estimate of drug-likeness (QED) is 0.114. The van der Waals surface area contributed by atoms with Crippen molar-refractivity contribution in [1.82, 2.24) is 0 Å². The molecule has 0 aromatic rings. The van der Waals surface area contributed by atoms with Crippen molar-refractivity contribution >= 4 is 21.4 Å². The Hall–Kier alpha value is 0.668. The van der Waals surface area contributed by atoms with E-state index in [4.69, 9.17) is 9.05 Å². The van der Waals surface area contributed by atoms with Crippen molar-refractivity contribution in [2.24, 2.45) is 11.8 Å². The third-order valence-electron chi connectivity index (χ3n) is 6.42. The number of hydrogen-bond donors (Lipinski definition) is 1. The van der Waals surface area contributed by atoms with E-state index >= 15 is 0 Å². The number of hydrogen-bond acceptors (Lipinski definition) is 3. The molecule has 0 heterocycles. The van der Waals surface area contributed by atoms with Gasteiger partial charge in [0.1, 0.15) is 0 Å². The first-order valence-corrected chi connectivity index (χ1v) is 21.1. The Morgan fingerprint density at radius 2 is 1.30 bits per heavy atom. The minimum atomic E-state index is -3.87. The topological polar surface area (TPSA) is 55.8 Å². The summed E-state index contributed by atoms with van der Waals surface area (Å²) < 4.78 is 22.5. The molecule has 1 N–H and O–H groups in total. The summed E-state index contributed by atoms with van der Waals surface area (Å²) in [7, 11) is -3.87. The Bertz CT molecular complexity index is 459. The molecule has 1 radical (unpaired) electrons.